The molecule has 140 valence electrons. The molecule has 1 fully saturated rings. The summed E-state index contributed by atoms with van der Waals surface area (Å²) in [5, 5.41) is 4.69. The van der Waals surface area contributed by atoms with Gasteiger partial charge in [0.25, 0.3) is 0 Å². The minimum Gasteiger partial charge on any atom is -0.354 e. The highest BCUT2D eigenvalue weighted by molar-refractivity contribution is 7.30. The average molecular weight is 388 g/mol. The summed E-state index contributed by atoms with van der Waals surface area (Å²) in [6.07, 6.45) is 9.94. The van der Waals surface area contributed by atoms with Crippen LogP contribution in [0, 0.1) is 0 Å². The van der Waals surface area contributed by atoms with Crippen molar-refractivity contribution in [3.05, 3.63) is 61.2 Å². The van der Waals surface area contributed by atoms with Crippen molar-refractivity contribution in [2.45, 2.75) is 25.8 Å². The fraction of sp³-hybridized carbons (Fsp3) is 0.238. The minimum absolute atomic E-state index is 0.543. The van der Waals surface area contributed by atoms with Gasteiger partial charge in [-0.15, -0.1) is 0 Å². The van der Waals surface area contributed by atoms with E-state index in [1.165, 1.54) is 18.1 Å². The van der Waals surface area contributed by atoms with Gasteiger partial charge < -0.3 is 10.2 Å². The minimum atomic E-state index is 0.543. The summed E-state index contributed by atoms with van der Waals surface area (Å²) in [4.78, 5) is 15.9. The van der Waals surface area contributed by atoms with Crippen molar-refractivity contribution in [1.29, 1.82) is 0 Å². The van der Waals surface area contributed by atoms with Crippen molar-refractivity contribution in [3.8, 4) is 10.9 Å². The molecular weight excluding hydrogens is 367 g/mol. The van der Waals surface area contributed by atoms with Crippen LogP contribution in [0.3, 0.4) is 0 Å². The summed E-state index contributed by atoms with van der Waals surface area (Å²) in [5.41, 5.74) is 3.03. The van der Waals surface area contributed by atoms with Crippen LogP contribution in [0.25, 0.3) is 16.5 Å². The van der Waals surface area contributed by atoms with E-state index in [4.69, 9.17) is 4.98 Å². The number of hydrogen-bond acceptors (Lipinski definition) is 5. The summed E-state index contributed by atoms with van der Waals surface area (Å²) in [6, 6.07) is 12.9. The monoisotopic (exact) mass is 388 g/mol. The molecule has 4 aromatic heterocycles. The SMILES string of the molecule is CC1CCCN1c1cccc(Nc2cc(-c3ccncc3)pn3ccnc23)n1. The van der Waals surface area contributed by atoms with Gasteiger partial charge in [-0.1, -0.05) is 6.07 Å². The van der Waals surface area contributed by atoms with Crippen LogP contribution in [0.2, 0.25) is 0 Å². The number of aromatic nitrogens is 4. The van der Waals surface area contributed by atoms with E-state index in [2.05, 4.69) is 49.5 Å². The van der Waals surface area contributed by atoms with Gasteiger partial charge in [-0.05, 0) is 55.7 Å². The van der Waals surface area contributed by atoms with E-state index < -0.39 is 0 Å². The standard InChI is InChI=1S/C21H21N6P/c1-15-4-3-12-26(15)20-6-2-5-19(25-20)24-17-14-18(16-7-9-22-10-8-16)28-27-13-11-23-21(17)27/h2,5-11,13-15H,3-4,12H2,1H3,(H,24,25). The molecule has 1 N–H and O–H groups in total. The summed E-state index contributed by atoms with van der Waals surface area (Å²) in [6.45, 7) is 3.34. The fourth-order valence-corrected chi connectivity index (χ4v) is 4.80. The van der Waals surface area contributed by atoms with Gasteiger partial charge in [-0.25, -0.2) is 9.97 Å². The zero-order valence-corrected chi connectivity index (χ0v) is 16.5. The predicted molar refractivity (Wildman–Crippen MR) is 114 cm³/mol. The first kappa shape index (κ1) is 17.1. The molecule has 5 rings (SSSR count). The second-order valence-corrected chi connectivity index (χ2v) is 8.18. The lowest BCUT2D eigenvalue weighted by molar-refractivity contribution is 0.727. The van der Waals surface area contributed by atoms with Crippen molar-refractivity contribution in [1.82, 2.24) is 19.1 Å². The number of anilines is 3. The third kappa shape index (κ3) is 3.20. The second-order valence-electron chi connectivity index (χ2n) is 7.07. The van der Waals surface area contributed by atoms with Crippen LogP contribution in [0.1, 0.15) is 19.8 Å². The normalized spacial score (nSPS) is 16.9. The Morgan fingerprint density at radius 1 is 1.14 bits per heavy atom. The number of nitrogens with zero attached hydrogens (tertiary/aromatic N) is 5. The first-order chi connectivity index (χ1) is 13.8. The van der Waals surface area contributed by atoms with Gasteiger partial charge in [0.15, 0.2) is 5.65 Å². The highest BCUT2D eigenvalue weighted by atomic mass is 31.0. The molecule has 0 aromatic carbocycles. The Kier molecular flexibility index (Phi) is 4.41. The van der Waals surface area contributed by atoms with E-state index in [-0.39, 0.29) is 0 Å². The number of pyridine rings is 2. The lowest BCUT2D eigenvalue weighted by Crippen LogP contribution is -2.27. The van der Waals surface area contributed by atoms with Crippen LogP contribution in [0.4, 0.5) is 17.3 Å². The third-order valence-electron chi connectivity index (χ3n) is 5.18. The fourth-order valence-electron chi connectivity index (χ4n) is 3.74. The molecule has 0 radical (unpaired) electrons. The molecule has 5 heterocycles. The molecule has 0 saturated carbocycles. The molecule has 1 unspecified atom stereocenters. The number of imidazole rings is 1. The Bertz CT molecular complexity index is 1110. The molecule has 0 amide bonds. The predicted octanol–water partition coefficient (Wildman–Crippen LogP) is 5.10. The average Bonchev–Trinajstić information content (AvgIpc) is 3.38. The molecule has 28 heavy (non-hydrogen) atoms. The van der Waals surface area contributed by atoms with Crippen molar-refractivity contribution in [2.24, 2.45) is 0 Å². The van der Waals surface area contributed by atoms with Crippen LogP contribution < -0.4 is 10.2 Å². The van der Waals surface area contributed by atoms with Gasteiger partial charge in [-0.2, -0.15) is 0 Å². The van der Waals surface area contributed by atoms with E-state index >= 15 is 0 Å². The van der Waals surface area contributed by atoms with E-state index in [1.54, 1.807) is 0 Å². The molecule has 6 nitrogen and oxygen atoms in total. The van der Waals surface area contributed by atoms with Crippen LogP contribution in [-0.2, 0) is 0 Å². The number of nitrogens with one attached hydrogen (secondary N) is 1. The van der Waals surface area contributed by atoms with E-state index in [1.807, 2.05) is 43.0 Å². The van der Waals surface area contributed by atoms with Crippen LogP contribution >= 0.6 is 8.35 Å². The maximum atomic E-state index is 4.87. The maximum absolute atomic E-state index is 4.87. The summed E-state index contributed by atoms with van der Waals surface area (Å²) in [7, 11) is 1.08. The van der Waals surface area contributed by atoms with Crippen LogP contribution in [0.15, 0.2) is 61.2 Å². The van der Waals surface area contributed by atoms with E-state index in [0.717, 1.165) is 43.4 Å². The van der Waals surface area contributed by atoms with Gasteiger partial charge in [0.2, 0.25) is 0 Å². The zero-order chi connectivity index (χ0) is 18.9. The summed E-state index contributed by atoms with van der Waals surface area (Å²) >= 11 is 0. The second kappa shape index (κ2) is 7.21. The van der Waals surface area contributed by atoms with E-state index in [0.29, 0.717) is 6.04 Å². The highest BCUT2D eigenvalue weighted by Crippen LogP contribution is 2.34. The quantitative estimate of drug-likeness (QED) is 0.527. The van der Waals surface area contributed by atoms with Gasteiger partial charge in [0, 0.05) is 51.0 Å². The number of hydrogen-bond donors (Lipinski definition) is 1. The van der Waals surface area contributed by atoms with Gasteiger partial charge in [0.1, 0.15) is 11.6 Å². The zero-order valence-electron chi connectivity index (χ0n) is 15.7. The summed E-state index contributed by atoms with van der Waals surface area (Å²) < 4.78 is 2.13. The van der Waals surface area contributed by atoms with Crippen LogP contribution in [0.5, 0.6) is 0 Å². The lowest BCUT2D eigenvalue weighted by Gasteiger charge is -2.23. The van der Waals surface area contributed by atoms with E-state index in [9.17, 15) is 0 Å². The third-order valence-corrected chi connectivity index (χ3v) is 6.32. The molecule has 1 aliphatic rings. The van der Waals surface area contributed by atoms with Crippen LogP contribution in [-0.4, -0.2) is 31.7 Å². The Morgan fingerprint density at radius 2 is 2.04 bits per heavy atom. The maximum Gasteiger partial charge on any atom is 0.164 e. The molecule has 7 heteroatoms. The largest absolute Gasteiger partial charge is 0.354 e. The Labute approximate surface area is 165 Å². The molecule has 1 aliphatic heterocycles. The van der Waals surface area contributed by atoms with Gasteiger partial charge in [0.05, 0.1) is 5.69 Å². The van der Waals surface area contributed by atoms with Crippen molar-refractivity contribution >= 4 is 31.3 Å². The lowest BCUT2D eigenvalue weighted by atomic mass is 10.2. The Hall–Kier alpha value is -2.98. The van der Waals surface area contributed by atoms with Gasteiger partial charge in [-0.3, -0.25) is 9.15 Å². The van der Waals surface area contributed by atoms with Gasteiger partial charge >= 0.3 is 0 Å². The molecule has 0 bridgehead atoms. The molecule has 1 atom stereocenters. The molecule has 1 saturated heterocycles. The van der Waals surface area contributed by atoms with Crippen molar-refractivity contribution in [3.63, 3.8) is 0 Å². The highest BCUT2D eigenvalue weighted by Gasteiger charge is 2.21. The number of fused-ring (bicyclic) bond motifs is 1. The summed E-state index contributed by atoms with van der Waals surface area (Å²) in [5.74, 6) is 1.87. The smallest absolute Gasteiger partial charge is 0.164 e. The topological polar surface area (TPSA) is 58.4 Å². The Balaban J connectivity index is 1.52. The van der Waals surface area contributed by atoms with Crippen molar-refractivity contribution in [2.75, 3.05) is 16.8 Å². The Morgan fingerprint density at radius 3 is 2.86 bits per heavy atom. The molecule has 4 aromatic rings. The molecule has 0 spiro atoms. The molecule has 0 aliphatic carbocycles. The first-order valence-electron chi connectivity index (χ1n) is 9.53. The van der Waals surface area contributed by atoms with Crippen molar-refractivity contribution < 1.29 is 0 Å². The first-order valence-corrected chi connectivity index (χ1v) is 10.4. The number of rotatable bonds is 4. The molecular formula is C21H21N6P.